The van der Waals surface area contributed by atoms with Gasteiger partial charge in [-0.3, -0.25) is 9.59 Å². The summed E-state index contributed by atoms with van der Waals surface area (Å²) in [6, 6.07) is 12.8. The van der Waals surface area contributed by atoms with Gasteiger partial charge in [-0.05, 0) is 37.1 Å². The molecule has 1 aliphatic heterocycles. The number of hydrogen-bond donors (Lipinski definition) is 2. The molecule has 1 fully saturated rings. The first-order chi connectivity index (χ1) is 11.6. The van der Waals surface area contributed by atoms with Crippen LogP contribution in [-0.2, 0) is 4.79 Å². The zero-order valence-corrected chi connectivity index (χ0v) is 13.3. The summed E-state index contributed by atoms with van der Waals surface area (Å²) >= 11 is 0. The predicted octanol–water partition coefficient (Wildman–Crippen LogP) is 2.04. The number of anilines is 2. The van der Waals surface area contributed by atoms with Crippen molar-refractivity contribution in [3.05, 3.63) is 54.2 Å². The second kappa shape index (κ2) is 7.12. The van der Waals surface area contributed by atoms with Crippen LogP contribution in [0.2, 0.25) is 0 Å². The van der Waals surface area contributed by atoms with Crippen LogP contribution in [0.4, 0.5) is 11.5 Å². The molecule has 0 unspecified atom stereocenters. The first-order valence-electron chi connectivity index (χ1n) is 8.01. The number of para-hydroxylation sites is 1. The van der Waals surface area contributed by atoms with Crippen molar-refractivity contribution in [1.82, 2.24) is 4.98 Å². The van der Waals surface area contributed by atoms with E-state index in [2.05, 4.69) is 10.3 Å². The van der Waals surface area contributed by atoms with E-state index in [1.165, 1.54) is 0 Å². The maximum Gasteiger partial charge on any atom is 0.252 e. The largest absolute Gasteiger partial charge is 0.365 e. The molecule has 1 aliphatic rings. The highest BCUT2D eigenvalue weighted by Gasteiger charge is 2.28. The van der Waals surface area contributed by atoms with Gasteiger partial charge in [0.15, 0.2) is 0 Å². The Bertz CT molecular complexity index is 733. The zero-order valence-electron chi connectivity index (χ0n) is 13.3. The Morgan fingerprint density at radius 2 is 1.96 bits per heavy atom. The number of aromatic nitrogens is 1. The number of carbonyl (C=O) groups excluding carboxylic acids is 2. The Balaban J connectivity index is 1.73. The molecule has 0 radical (unpaired) electrons. The SMILES string of the molecule is NC(=O)c1cccnc1N1CCC[C@@H](C(=O)Nc2ccccc2)C1. The first-order valence-corrected chi connectivity index (χ1v) is 8.01. The van der Waals surface area contributed by atoms with Gasteiger partial charge in [0.2, 0.25) is 5.91 Å². The minimum absolute atomic E-state index is 0.0116. The molecule has 1 aromatic carbocycles. The van der Waals surface area contributed by atoms with Crippen LogP contribution < -0.4 is 16.0 Å². The predicted molar refractivity (Wildman–Crippen MR) is 92.8 cm³/mol. The number of nitrogens with two attached hydrogens (primary N) is 1. The average Bonchev–Trinajstić information content (AvgIpc) is 2.62. The molecule has 24 heavy (non-hydrogen) atoms. The van der Waals surface area contributed by atoms with Crippen molar-refractivity contribution in [1.29, 1.82) is 0 Å². The number of amides is 2. The van der Waals surface area contributed by atoms with Crippen LogP contribution in [-0.4, -0.2) is 29.9 Å². The molecule has 1 atom stereocenters. The summed E-state index contributed by atoms with van der Waals surface area (Å²) in [7, 11) is 0. The molecule has 2 aromatic rings. The zero-order chi connectivity index (χ0) is 16.9. The molecular formula is C18H20N4O2. The third-order valence-corrected chi connectivity index (χ3v) is 4.19. The molecule has 6 heteroatoms. The lowest BCUT2D eigenvalue weighted by Crippen LogP contribution is -2.42. The molecule has 2 amide bonds. The maximum absolute atomic E-state index is 12.5. The summed E-state index contributed by atoms with van der Waals surface area (Å²) in [6.07, 6.45) is 3.31. The Morgan fingerprint density at radius 3 is 2.71 bits per heavy atom. The van der Waals surface area contributed by atoms with Crippen molar-refractivity contribution in [2.45, 2.75) is 12.8 Å². The summed E-state index contributed by atoms with van der Waals surface area (Å²) in [5, 5.41) is 2.94. The van der Waals surface area contributed by atoms with Crippen LogP contribution in [0, 0.1) is 5.92 Å². The average molecular weight is 324 g/mol. The minimum Gasteiger partial charge on any atom is -0.365 e. The number of carbonyl (C=O) groups is 2. The second-order valence-corrected chi connectivity index (χ2v) is 5.88. The quantitative estimate of drug-likeness (QED) is 0.901. The third kappa shape index (κ3) is 3.53. The molecule has 1 aromatic heterocycles. The fourth-order valence-electron chi connectivity index (χ4n) is 2.99. The summed E-state index contributed by atoms with van der Waals surface area (Å²) < 4.78 is 0. The van der Waals surface area contributed by atoms with Crippen LogP contribution in [0.25, 0.3) is 0 Å². The molecule has 1 saturated heterocycles. The van der Waals surface area contributed by atoms with E-state index < -0.39 is 5.91 Å². The number of nitrogens with zero attached hydrogens (tertiary/aromatic N) is 2. The summed E-state index contributed by atoms with van der Waals surface area (Å²) in [5.74, 6) is -0.111. The minimum atomic E-state index is -0.506. The van der Waals surface area contributed by atoms with Gasteiger partial charge >= 0.3 is 0 Å². The number of primary amides is 1. The van der Waals surface area contributed by atoms with Crippen LogP contribution >= 0.6 is 0 Å². The highest BCUT2D eigenvalue weighted by molar-refractivity contribution is 5.98. The van der Waals surface area contributed by atoms with Crippen molar-refractivity contribution in [2.24, 2.45) is 11.7 Å². The number of pyridine rings is 1. The van der Waals surface area contributed by atoms with Gasteiger partial charge in [0.25, 0.3) is 5.91 Å². The standard InChI is InChI=1S/C18H20N4O2/c19-16(23)15-9-4-10-20-17(15)22-11-5-6-13(12-22)18(24)21-14-7-2-1-3-8-14/h1-4,7-10,13H,5-6,11-12H2,(H2,19,23)(H,21,24)/t13-/m1/s1. The number of benzene rings is 1. The van der Waals surface area contributed by atoms with Gasteiger partial charge in [0, 0.05) is 25.0 Å². The van der Waals surface area contributed by atoms with E-state index in [1.54, 1.807) is 18.3 Å². The van der Waals surface area contributed by atoms with Crippen LogP contribution in [0.5, 0.6) is 0 Å². The molecule has 0 aliphatic carbocycles. The molecule has 0 saturated carbocycles. The van der Waals surface area contributed by atoms with Gasteiger partial charge in [-0.1, -0.05) is 18.2 Å². The first kappa shape index (κ1) is 16.0. The topological polar surface area (TPSA) is 88.3 Å². The van der Waals surface area contributed by atoms with Gasteiger partial charge in [0.1, 0.15) is 5.82 Å². The Labute approximate surface area is 140 Å². The molecule has 2 heterocycles. The van der Waals surface area contributed by atoms with E-state index in [0.29, 0.717) is 17.9 Å². The van der Waals surface area contributed by atoms with Crippen LogP contribution in [0.1, 0.15) is 23.2 Å². The van der Waals surface area contributed by atoms with Crippen LogP contribution in [0.3, 0.4) is 0 Å². The lowest BCUT2D eigenvalue weighted by Gasteiger charge is -2.33. The van der Waals surface area contributed by atoms with Crippen molar-refractivity contribution < 1.29 is 9.59 Å². The van der Waals surface area contributed by atoms with Crippen molar-refractivity contribution in [2.75, 3.05) is 23.3 Å². The lowest BCUT2D eigenvalue weighted by atomic mass is 9.96. The van der Waals surface area contributed by atoms with Gasteiger partial charge in [-0.25, -0.2) is 4.98 Å². The molecule has 3 N–H and O–H groups in total. The third-order valence-electron chi connectivity index (χ3n) is 4.19. The second-order valence-electron chi connectivity index (χ2n) is 5.88. The number of hydrogen-bond acceptors (Lipinski definition) is 4. The molecule has 0 bridgehead atoms. The van der Waals surface area contributed by atoms with E-state index in [-0.39, 0.29) is 11.8 Å². The smallest absolute Gasteiger partial charge is 0.252 e. The summed E-state index contributed by atoms with van der Waals surface area (Å²) in [4.78, 5) is 30.4. The van der Waals surface area contributed by atoms with E-state index in [9.17, 15) is 9.59 Å². The number of piperidine rings is 1. The normalized spacial score (nSPS) is 17.3. The van der Waals surface area contributed by atoms with E-state index in [1.807, 2.05) is 35.2 Å². The van der Waals surface area contributed by atoms with Crippen molar-refractivity contribution in [3.8, 4) is 0 Å². The van der Waals surface area contributed by atoms with Crippen LogP contribution in [0.15, 0.2) is 48.7 Å². The van der Waals surface area contributed by atoms with Gasteiger partial charge in [0.05, 0.1) is 11.5 Å². The van der Waals surface area contributed by atoms with Gasteiger partial charge in [-0.2, -0.15) is 0 Å². The summed E-state index contributed by atoms with van der Waals surface area (Å²) in [6.45, 7) is 1.28. The Hall–Kier alpha value is -2.89. The molecule has 6 nitrogen and oxygen atoms in total. The highest BCUT2D eigenvalue weighted by Crippen LogP contribution is 2.25. The molecule has 0 spiro atoms. The molecule has 3 rings (SSSR count). The number of rotatable bonds is 4. The maximum atomic E-state index is 12.5. The molecular weight excluding hydrogens is 304 g/mol. The monoisotopic (exact) mass is 324 g/mol. The summed E-state index contributed by atoms with van der Waals surface area (Å²) in [5.41, 5.74) is 6.61. The fourth-order valence-corrected chi connectivity index (χ4v) is 2.99. The highest BCUT2D eigenvalue weighted by atomic mass is 16.2. The van der Waals surface area contributed by atoms with E-state index in [4.69, 9.17) is 5.73 Å². The van der Waals surface area contributed by atoms with Gasteiger partial charge in [-0.15, -0.1) is 0 Å². The number of nitrogens with one attached hydrogen (secondary N) is 1. The van der Waals surface area contributed by atoms with E-state index in [0.717, 1.165) is 25.1 Å². The Morgan fingerprint density at radius 1 is 1.17 bits per heavy atom. The Kier molecular flexibility index (Phi) is 4.74. The van der Waals surface area contributed by atoms with E-state index >= 15 is 0 Å². The van der Waals surface area contributed by atoms with Crippen molar-refractivity contribution in [3.63, 3.8) is 0 Å². The lowest BCUT2D eigenvalue weighted by molar-refractivity contribution is -0.120. The van der Waals surface area contributed by atoms with Crippen molar-refractivity contribution >= 4 is 23.3 Å². The molecule has 124 valence electrons. The fraction of sp³-hybridized carbons (Fsp3) is 0.278. The van der Waals surface area contributed by atoms with Gasteiger partial charge < -0.3 is 16.0 Å².